The number of nitrogens with zero attached hydrogens (tertiary/aromatic N) is 2. The third kappa shape index (κ3) is 3.57. The van der Waals surface area contributed by atoms with Crippen molar-refractivity contribution >= 4 is 23.2 Å². The summed E-state index contributed by atoms with van der Waals surface area (Å²) in [5.74, 6) is -1.06. The molecule has 8 heteroatoms. The number of amides is 1. The lowest BCUT2D eigenvalue weighted by molar-refractivity contribution is -0.297. The summed E-state index contributed by atoms with van der Waals surface area (Å²) < 4.78 is 40.8. The van der Waals surface area contributed by atoms with Gasteiger partial charge in [-0.1, -0.05) is 42.8 Å². The summed E-state index contributed by atoms with van der Waals surface area (Å²) in [5.41, 5.74) is -2.06. The second-order valence-electron chi connectivity index (χ2n) is 6.21. The maximum atomic E-state index is 13.6. The zero-order valence-electron chi connectivity index (χ0n) is 14.3. The minimum atomic E-state index is -5.08. The van der Waals surface area contributed by atoms with Gasteiger partial charge in [0.15, 0.2) is 0 Å². The van der Waals surface area contributed by atoms with E-state index in [4.69, 9.17) is 11.6 Å². The van der Waals surface area contributed by atoms with Gasteiger partial charge in [-0.3, -0.25) is 4.79 Å². The van der Waals surface area contributed by atoms with Gasteiger partial charge in [0.1, 0.15) is 0 Å². The van der Waals surface area contributed by atoms with Crippen molar-refractivity contribution in [1.29, 1.82) is 0 Å². The molecule has 0 saturated heterocycles. The van der Waals surface area contributed by atoms with Crippen LogP contribution in [0.5, 0.6) is 0 Å². The van der Waals surface area contributed by atoms with Gasteiger partial charge >= 0.3 is 6.18 Å². The topological polar surface area (TPSA) is 52.9 Å². The maximum Gasteiger partial charge on any atom is 0.438 e. The number of halogens is 4. The molecule has 0 bridgehead atoms. The zero-order chi connectivity index (χ0) is 19.8. The predicted octanol–water partition coefficient (Wildman–Crippen LogP) is 4.40. The van der Waals surface area contributed by atoms with Gasteiger partial charge in [-0.2, -0.15) is 23.3 Å². The van der Waals surface area contributed by atoms with E-state index in [1.54, 1.807) is 24.3 Å². The number of rotatable bonds is 3. The van der Waals surface area contributed by atoms with Gasteiger partial charge in [-0.25, -0.2) is 0 Å². The van der Waals surface area contributed by atoms with Crippen molar-refractivity contribution in [2.24, 2.45) is 5.10 Å². The van der Waals surface area contributed by atoms with Crippen LogP contribution in [0.15, 0.2) is 53.6 Å². The zero-order valence-corrected chi connectivity index (χ0v) is 15.1. The summed E-state index contributed by atoms with van der Waals surface area (Å²) >= 11 is 5.75. The summed E-state index contributed by atoms with van der Waals surface area (Å²) in [6, 6.07) is 12.1. The Labute approximate surface area is 158 Å². The summed E-state index contributed by atoms with van der Waals surface area (Å²) in [6.45, 7) is 1.96. The molecule has 142 valence electrons. The molecule has 0 fully saturated rings. The highest BCUT2D eigenvalue weighted by atomic mass is 35.5. The molecule has 27 heavy (non-hydrogen) atoms. The number of carbonyl (C=O) groups is 1. The van der Waals surface area contributed by atoms with Gasteiger partial charge in [0.25, 0.3) is 11.6 Å². The van der Waals surface area contributed by atoms with Crippen molar-refractivity contribution in [2.45, 2.75) is 31.7 Å². The normalized spacial score (nSPS) is 19.9. The Bertz CT molecular complexity index is 879. The number of carbonyl (C=O) groups excluding carboxylic acids is 1. The number of aliphatic hydroxyl groups is 1. The SMILES string of the molecule is CCc1ccc(C2=NN(C(=O)c3ccc(Cl)cc3)[C@@](O)(C(F)(F)F)C2)cc1. The van der Waals surface area contributed by atoms with E-state index in [1.807, 2.05) is 6.92 Å². The molecule has 0 aliphatic carbocycles. The molecule has 0 radical (unpaired) electrons. The number of benzene rings is 2. The first-order chi connectivity index (χ1) is 12.7. The van der Waals surface area contributed by atoms with Gasteiger partial charge in [0, 0.05) is 10.6 Å². The van der Waals surface area contributed by atoms with Gasteiger partial charge in [0.05, 0.1) is 12.1 Å². The van der Waals surface area contributed by atoms with E-state index in [2.05, 4.69) is 5.10 Å². The molecule has 0 saturated carbocycles. The molecule has 3 rings (SSSR count). The number of hydrogen-bond acceptors (Lipinski definition) is 3. The minimum absolute atomic E-state index is 0.0141. The van der Waals surface area contributed by atoms with Crippen LogP contribution < -0.4 is 0 Å². The lowest BCUT2D eigenvalue weighted by Crippen LogP contribution is -2.56. The first-order valence-corrected chi connectivity index (χ1v) is 8.59. The molecule has 4 nitrogen and oxygen atoms in total. The monoisotopic (exact) mass is 396 g/mol. The minimum Gasteiger partial charge on any atom is -0.362 e. The quantitative estimate of drug-likeness (QED) is 0.835. The molecule has 1 atom stereocenters. The Morgan fingerprint density at radius 1 is 1.19 bits per heavy atom. The van der Waals surface area contributed by atoms with E-state index >= 15 is 0 Å². The second-order valence-corrected chi connectivity index (χ2v) is 6.65. The summed E-state index contributed by atoms with van der Waals surface area (Å²) in [5, 5.41) is 14.6. The fourth-order valence-electron chi connectivity index (χ4n) is 2.79. The van der Waals surface area contributed by atoms with Crippen LogP contribution in [0, 0.1) is 0 Å². The number of aryl methyl sites for hydroxylation is 1. The van der Waals surface area contributed by atoms with Crippen molar-refractivity contribution in [3.8, 4) is 0 Å². The first-order valence-electron chi connectivity index (χ1n) is 8.21. The molecule has 0 spiro atoms. The largest absolute Gasteiger partial charge is 0.438 e. The van der Waals surface area contributed by atoms with E-state index in [-0.39, 0.29) is 16.3 Å². The molecule has 2 aromatic rings. The van der Waals surface area contributed by atoms with Crippen molar-refractivity contribution in [2.75, 3.05) is 0 Å². The average molecular weight is 397 g/mol. The summed E-state index contributed by atoms with van der Waals surface area (Å²) in [7, 11) is 0. The highest BCUT2D eigenvalue weighted by molar-refractivity contribution is 6.30. The Kier molecular flexibility index (Phi) is 5.01. The molecule has 1 amide bonds. The van der Waals surface area contributed by atoms with Crippen LogP contribution in [0.2, 0.25) is 5.02 Å². The van der Waals surface area contributed by atoms with Crippen LogP contribution >= 0.6 is 11.6 Å². The van der Waals surface area contributed by atoms with E-state index in [0.717, 1.165) is 12.0 Å². The van der Waals surface area contributed by atoms with Crippen molar-refractivity contribution in [3.05, 3.63) is 70.2 Å². The molecule has 2 aromatic carbocycles. The van der Waals surface area contributed by atoms with E-state index in [1.165, 1.54) is 24.3 Å². The second kappa shape index (κ2) is 6.98. The van der Waals surface area contributed by atoms with Crippen molar-refractivity contribution < 1.29 is 23.1 Å². The highest BCUT2D eigenvalue weighted by Crippen LogP contribution is 2.42. The molecular formula is C19H16ClF3N2O2. The molecular weight excluding hydrogens is 381 g/mol. The molecule has 0 aromatic heterocycles. The predicted molar refractivity (Wildman–Crippen MR) is 95.6 cm³/mol. The Morgan fingerprint density at radius 3 is 2.30 bits per heavy atom. The van der Waals surface area contributed by atoms with Crippen LogP contribution in [0.3, 0.4) is 0 Å². The maximum absolute atomic E-state index is 13.6. The van der Waals surface area contributed by atoms with E-state index in [0.29, 0.717) is 10.6 Å². The standard InChI is InChI=1S/C19H16ClF3N2O2/c1-2-12-3-5-13(6-4-12)16-11-18(27,19(21,22)23)25(24-16)17(26)14-7-9-15(20)10-8-14/h3-10,27H,2,11H2,1H3/t18-/m0/s1. The molecule has 0 unspecified atom stereocenters. The van der Waals surface area contributed by atoms with Gasteiger partial charge in [-0.15, -0.1) is 0 Å². The smallest absolute Gasteiger partial charge is 0.362 e. The number of hydrogen-bond donors (Lipinski definition) is 1. The highest BCUT2D eigenvalue weighted by Gasteiger charge is 2.63. The van der Waals surface area contributed by atoms with Crippen LogP contribution in [0.25, 0.3) is 0 Å². The molecule has 1 aliphatic heterocycles. The van der Waals surface area contributed by atoms with Crippen molar-refractivity contribution in [3.63, 3.8) is 0 Å². The fraction of sp³-hybridized carbons (Fsp3) is 0.263. The van der Waals surface area contributed by atoms with Crippen LogP contribution in [-0.4, -0.2) is 33.6 Å². The first kappa shape index (κ1) is 19.4. The average Bonchev–Trinajstić information content (AvgIpc) is 3.01. The third-order valence-electron chi connectivity index (χ3n) is 4.42. The van der Waals surface area contributed by atoms with Gasteiger partial charge in [0.2, 0.25) is 0 Å². The third-order valence-corrected chi connectivity index (χ3v) is 4.67. The summed E-state index contributed by atoms with van der Waals surface area (Å²) in [4.78, 5) is 12.6. The lowest BCUT2D eigenvalue weighted by Gasteiger charge is -2.32. The van der Waals surface area contributed by atoms with Gasteiger partial charge in [-0.05, 0) is 41.8 Å². The van der Waals surface area contributed by atoms with Crippen LogP contribution in [0.4, 0.5) is 13.2 Å². The van der Waals surface area contributed by atoms with Crippen LogP contribution in [0.1, 0.15) is 34.8 Å². The fourth-order valence-corrected chi connectivity index (χ4v) is 2.91. The molecule has 1 aliphatic rings. The van der Waals surface area contributed by atoms with Crippen LogP contribution in [-0.2, 0) is 6.42 Å². The van der Waals surface area contributed by atoms with E-state index in [9.17, 15) is 23.1 Å². The lowest BCUT2D eigenvalue weighted by atomic mass is 9.99. The Hall–Kier alpha value is -2.38. The number of alkyl halides is 3. The molecule has 1 heterocycles. The Morgan fingerprint density at radius 2 is 1.78 bits per heavy atom. The van der Waals surface area contributed by atoms with E-state index < -0.39 is 24.2 Å². The van der Waals surface area contributed by atoms with Crippen molar-refractivity contribution in [1.82, 2.24) is 5.01 Å². The van der Waals surface area contributed by atoms with Gasteiger partial charge < -0.3 is 5.11 Å². The summed E-state index contributed by atoms with van der Waals surface area (Å²) in [6.07, 6.45) is -5.15. The molecule has 1 N–H and O–H groups in total. The number of hydrazone groups is 1. The Balaban J connectivity index is 2.01.